The van der Waals surface area contributed by atoms with Crippen molar-refractivity contribution in [2.45, 2.75) is 13.3 Å². The molecular weight excluding hydrogens is 258 g/mol. The van der Waals surface area contributed by atoms with E-state index in [-0.39, 0.29) is 18.5 Å². The second-order valence-corrected chi connectivity index (χ2v) is 3.59. The van der Waals surface area contributed by atoms with Gasteiger partial charge in [-0.1, -0.05) is 0 Å². The van der Waals surface area contributed by atoms with Gasteiger partial charge in [-0.15, -0.1) is 0 Å². The molecule has 0 saturated carbocycles. The summed E-state index contributed by atoms with van der Waals surface area (Å²) in [5.41, 5.74) is 1.88. The van der Waals surface area contributed by atoms with Crippen molar-refractivity contribution in [1.82, 2.24) is 10.8 Å². The maximum absolute atomic E-state index is 13.3. The highest BCUT2D eigenvalue weighted by Gasteiger charge is 2.12. The van der Waals surface area contributed by atoms with Gasteiger partial charge >= 0.3 is 0 Å². The van der Waals surface area contributed by atoms with Crippen LogP contribution in [0, 0.1) is 11.6 Å². The lowest BCUT2D eigenvalue weighted by atomic mass is 10.2. The van der Waals surface area contributed by atoms with Gasteiger partial charge in [-0.25, -0.2) is 14.3 Å². The topological polar surface area (TPSA) is 67.4 Å². The Kier molecular flexibility index (Phi) is 5.87. The molecule has 0 bridgehead atoms. The monoisotopic (exact) mass is 272 g/mol. The van der Waals surface area contributed by atoms with Crippen LogP contribution >= 0.6 is 0 Å². The van der Waals surface area contributed by atoms with Crippen LogP contribution in [0.2, 0.25) is 0 Å². The highest BCUT2D eigenvalue weighted by atomic mass is 19.1. The minimum absolute atomic E-state index is 0.00540. The third-order valence-corrected chi connectivity index (χ3v) is 2.14. The van der Waals surface area contributed by atoms with Gasteiger partial charge in [0.05, 0.1) is 12.2 Å². The lowest BCUT2D eigenvalue weighted by molar-refractivity contribution is -0.133. The Balaban J connectivity index is 2.41. The average Bonchev–Trinajstić information content (AvgIpc) is 2.36. The Labute approximate surface area is 108 Å². The second-order valence-electron chi connectivity index (χ2n) is 3.59. The molecule has 0 aromatic heterocycles. The molecule has 0 heterocycles. The molecule has 104 valence electrons. The van der Waals surface area contributed by atoms with E-state index in [1.807, 2.05) is 0 Å². The Bertz CT molecular complexity index is 466. The average molecular weight is 272 g/mol. The fourth-order valence-electron chi connectivity index (χ4n) is 1.26. The van der Waals surface area contributed by atoms with Crippen LogP contribution in [-0.4, -0.2) is 25.0 Å². The summed E-state index contributed by atoms with van der Waals surface area (Å²) in [6, 6.07) is 2.65. The molecule has 5 nitrogen and oxygen atoms in total. The van der Waals surface area contributed by atoms with Gasteiger partial charge in [-0.05, 0) is 19.1 Å². The van der Waals surface area contributed by atoms with Crippen LogP contribution < -0.4 is 10.8 Å². The van der Waals surface area contributed by atoms with Crippen molar-refractivity contribution in [1.29, 1.82) is 0 Å². The molecule has 2 amide bonds. The number of nitrogens with one attached hydrogen (secondary N) is 2. The molecule has 19 heavy (non-hydrogen) atoms. The molecule has 0 fully saturated rings. The van der Waals surface area contributed by atoms with E-state index in [2.05, 4.69) is 15.6 Å². The van der Waals surface area contributed by atoms with Crippen molar-refractivity contribution in [2.24, 2.45) is 0 Å². The third kappa shape index (κ3) is 5.01. The maximum Gasteiger partial charge on any atom is 0.254 e. The van der Waals surface area contributed by atoms with Crippen LogP contribution in [0.1, 0.15) is 23.7 Å². The minimum Gasteiger partial charge on any atom is -0.351 e. The summed E-state index contributed by atoms with van der Waals surface area (Å²) in [7, 11) is 0. The summed E-state index contributed by atoms with van der Waals surface area (Å²) < 4.78 is 25.9. The van der Waals surface area contributed by atoms with Gasteiger partial charge < -0.3 is 5.32 Å². The van der Waals surface area contributed by atoms with Crippen LogP contribution in [0.25, 0.3) is 0 Å². The van der Waals surface area contributed by atoms with Gasteiger partial charge in [0.25, 0.3) is 5.91 Å². The largest absolute Gasteiger partial charge is 0.351 e. The van der Waals surface area contributed by atoms with Gasteiger partial charge in [0, 0.05) is 19.0 Å². The van der Waals surface area contributed by atoms with Crippen molar-refractivity contribution in [3.63, 3.8) is 0 Å². The highest BCUT2D eigenvalue weighted by molar-refractivity contribution is 5.94. The standard InChI is InChI=1S/C12H14F2N2O3/c1-2-19-16-11(17)5-6-15-12(18)9-4-3-8(13)7-10(9)14/h3-4,7H,2,5-6H2,1H3,(H,15,18)(H,16,17). The molecule has 0 aliphatic carbocycles. The maximum atomic E-state index is 13.3. The molecule has 2 N–H and O–H groups in total. The zero-order valence-electron chi connectivity index (χ0n) is 10.3. The molecule has 1 aromatic rings. The normalized spacial score (nSPS) is 10.1. The molecule has 0 spiro atoms. The predicted octanol–water partition coefficient (Wildman–Crippen LogP) is 1.15. The van der Waals surface area contributed by atoms with E-state index in [0.29, 0.717) is 12.7 Å². The summed E-state index contributed by atoms with van der Waals surface area (Å²) in [6.07, 6.45) is -0.00540. The van der Waals surface area contributed by atoms with Crippen LogP contribution in [0.3, 0.4) is 0 Å². The fraction of sp³-hybridized carbons (Fsp3) is 0.333. The molecule has 0 aliphatic heterocycles. The quantitative estimate of drug-likeness (QED) is 0.763. The Morgan fingerprint density at radius 1 is 1.32 bits per heavy atom. The summed E-state index contributed by atoms with van der Waals surface area (Å²) >= 11 is 0. The number of carbonyl (C=O) groups is 2. The molecule has 0 radical (unpaired) electrons. The van der Waals surface area contributed by atoms with E-state index in [4.69, 9.17) is 0 Å². The SMILES string of the molecule is CCONC(=O)CCNC(=O)c1ccc(F)cc1F. The zero-order chi connectivity index (χ0) is 14.3. The summed E-state index contributed by atoms with van der Waals surface area (Å²) in [6.45, 7) is 2.06. The van der Waals surface area contributed by atoms with Crippen molar-refractivity contribution in [3.8, 4) is 0 Å². The minimum atomic E-state index is -0.948. The summed E-state index contributed by atoms with van der Waals surface area (Å²) in [4.78, 5) is 27.3. The van der Waals surface area contributed by atoms with Gasteiger partial charge in [0.2, 0.25) is 5.91 Å². The smallest absolute Gasteiger partial charge is 0.254 e. The predicted molar refractivity (Wildman–Crippen MR) is 63.1 cm³/mol. The molecule has 0 saturated heterocycles. The molecule has 1 rings (SSSR count). The number of hydroxylamine groups is 1. The summed E-state index contributed by atoms with van der Waals surface area (Å²) in [5.74, 6) is -2.81. The zero-order valence-corrected chi connectivity index (χ0v) is 10.3. The number of halogens is 2. The van der Waals surface area contributed by atoms with Crippen molar-refractivity contribution in [3.05, 3.63) is 35.4 Å². The van der Waals surface area contributed by atoms with E-state index in [1.54, 1.807) is 6.92 Å². The first-order valence-corrected chi connectivity index (χ1v) is 5.68. The summed E-state index contributed by atoms with van der Waals surface area (Å²) in [5, 5.41) is 2.35. The number of amides is 2. The van der Waals surface area contributed by atoms with E-state index >= 15 is 0 Å². The van der Waals surface area contributed by atoms with Crippen LogP contribution in [0.4, 0.5) is 8.78 Å². The van der Waals surface area contributed by atoms with E-state index in [0.717, 1.165) is 12.1 Å². The van der Waals surface area contributed by atoms with E-state index < -0.39 is 23.4 Å². The van der Waals surface area contributed by atoms with Crippen LogP contribution in [0.15, 0.2) is 18.2 Å². The number of carbonyl (C=O) groups excluding carboxylic acids is 2. The first kappa shape index (κ1) is 15.0. The van der Waals surface area contributed by atoms with Crippen LogP contribution in [0.5, 0.6) is 0 Å². The van der Waals surface area contributed by atoms with E-state index in [1.165, 1.54) is 0 Å². The van der Waals surface area contributed by atoms with Gasteiger partial charge in [0.15, 0.2) is 0 Å². The number of hydrogen-bond donors (Lipinski definition) is 2. The van der Waals surface area contributed by atoms with Crippen molar-refractivity contribution in [2.75, 3.05) is 13.2 Å². The van der Waals surface area contributed by atoms with Gasteiger partial charge in [-0.3, -0.25) is 14.4 Å². The molecule has 0 unspecified atom stereocenters. The van der Waals surface area contributed by atoms with Crippen LogP contribution in [-0.2, 0) is 9.63 Å². The molecular formula is C12H14F2N2O3. The molecule has 7 heteroatoms. The molecule has 1 aromatic carbocycles. The number of rotatable bonds is 6. The number of benzene rings is 1. The fourth-order valence-corrected chi connectivity index (χ4v) is 1.26. The lowest BCUT2D eigenvalue weighted by Crippen LogP contribution is -2.31. The second kappa shape index (κ2) is 7.42. The Morgan fingerprint density at radius 3 is 2.68 bits per heavy atom. The molecule has 0 atom stereocenters. The Hall–Kier alpha value is -2.02. The van der Waals surface area contributed by atoms with Crippen molar-refractivity contribution < 1.29 is 23.2 Å². The number of hydrogen-bond acceptors (Lipinski definition) is 3. The lowest BCUT2D eigenvalue weighted by Gasteiger charge is -2.06. The first-order chi connectivity index (χ1) is 9.04. The van der Waals surface area contributed by atoms with E-state index in [9.17, 15) is 18.4 Å². The van der Waals surface area contributed by atoms with Gasteiger partial charge in [-0.2, -0.15) is 0 Å². The molecule has 0 aliphatic rings. The van der Waals surface area contributed by atoms with Crippen molar-refractivity contribution >= 4 is 11.8 Å². The third-order valence-electron chi connectivity index (χ3n) is 2.14. The first-order valence-electron chi connectivity index (χ1n) is 5.68. The Morgan fingerprint density at radius 2 is 2.05 bits per heavy atom. The van der Waals surface area contributed by atoms with Gasteiger partial charge in [0.1, 0.15) is 11.6 Å². The highest BCUT2D eigenvalue weighted by Crippen LogP contribution is 2.09.